The van der Waals surface area contributed by atoms with Gasteiger partial charge < -0.3 is 20.9 Å². The van der Waals surface area contributed by atoms with Crippen LogP contribution in [0.5, 0.6) is 0 Å². The van der Waals surface area contributed by atoms with Crippen molar-refractivity contribution >= 4 is 11.9 Å². The maximum absolute atomic E-state index is 14.3. The van der Waals surface area contributed by atoms with Crippen LogP contribution in [0.1, 0.15) is 37.8 Å². The second-order valence-corrected chi connectivity index (χ2v) is 8.11. The molecule has 1 aromatic rings. The van der Waals surface area contributed by atoms with E-state index >= 15 is 0 Å². The van der Waals surface area contributed by atoms with E-state index < -0.39 is 17.7 Å². The van der Waals surface area contributed by atoms with Gasteiger partial charge in [-0.25, -0.2) is 8.78 Å². The molecule has 1 unspecified atom stereocenters. The number of nitrogens with zero attached hydrogens (tertiary/aromatic N) is 3. The Kier molecular flexibility index (Phi) is 10.1. The van der Waals surface area contributed by atoms with Crippen molar-refractivity contribution in [2.24, 2.45) is 4.99 Å². The predicted molar refractivity (Wildman–Crippen MR) is 120 cm³/mol. The molecule has 1 aromatic carbocycles. The standard InChI is InChI=1S/C22H36F2N6O/c1-5-11-26-20(31)15-30-12-9-16(10-13-30)28-22(25-2)27-14-19(29(3)4)21-17(23)7-6-8-18(21)24/h6-8,16,19H,5,9-15H2,1-4H3,(H,26,31)(H2,25,27,28). The van der Waals surface area contributed by atoms with Crippen molar-refractivity contribution in [2.45, 2.75) is 38.3 Å². The third kappa shape index (κ3) is 7.74. The zero-order chi connectivity index (χ0) is 22.8. The van der Waals surface area contributed by atoms with Crippen LogP contribution in [0.3, 0.4) is 0 Å². The van der Waals surface area contributed by atoms with E-state index in [1.807, 2.05) is 6.92 Å². The van der Waals surface area contributed by atoms with Crippen LogP contribution < -0.4 is 16.0 Å². The Labute approximate surface area is 184 Å². The number of hydrogen-bond acceptors (Lipinski definition) is 4. The molecule has 1 aliphatic rings. The van der Waals surface area contributed by atoms with Gasteiger partial charge in [-0.15, -0.1) is 0 Å². The lowest BCUT2D eigenvalue weighted by Crippen LogP contribution is -2.51. The van der Waals surface area contributed by atoms with E-state index in [0.29, 0.717) is 25.6 Å². The number of aliphatic imine (C=N–C) groups is 1. The SMILES string of the molecule is CCCNC(=O)CN1CCC(NC(=NC)NCC(c2c(F)cccc2F)N(C)C)CC1. The molecule has 174 valence electrons. The number of carbonyl (C=O) groups excluding carboxylic acids is 1. The molecule has 2 rings (SSSR count). The summed E-state index contributed by atoms with van der Waals surface area (Å²) >= 11 is 0. The van der Waals surface area contributed by atoms with Crippen molar-refractivity contribution in [3.8, 4) is 0 Å². The van der Waals surface area contributed by atoms with Crippen LogP contribution >= 0.6 is 0 Å². The monoisotopic (exact) mass is 438 g/mol. The Balaban J connectivity index is 1.85. The van der Waals surface area contributed by atoms with Crippen molar-refractivity contribution in [1.29, 1.82) is 0 Å². The number of piperidine rings is 1. The Morgan fingerprint density at radius 3 is 2.42 bits per heavy atom. The van der Waals surface area contributed by atoms with Gasteiger partial charge in [-0.1, -0.05) is 13.0 Å². The van der Waals surface area contributed by atoms with Gasteiger partial charge in [0.25, 0.3) is 0 Å². The van der Waals surface area contributed by atoms with E-state index in [1.54, 1.807) is 26.0 Å². The summed E-state index contributed by atoms with van der Waals surface area (Å²) in [5, 5.41) is 9.51. The minimum absolute atomic E-state index is 0.0464. The number of guanidine groups is 1. The normalized spacial score (nSPS) is 16.9. The smallest absolute Gasteiger partial charge is 0.234 e. The fraction of sp³-hybridized carbons (Fsp3) is 0.636. The molecule has 0 aromatic heterocycles. The zero-order valence-electron chi connectivity index (χ0n) is 19.0. The lowest BCUT2D eigenvalue weighted by Gasteiger charge is -2.33. The van der Waals surface area contributed by atoms with E-state index in [9.17, 15) is 13.6 Å². The molecule has 1 heterocycles. The number of hydrogen-bond donors (Lipinski definition) is 3. The van der Waals surface area contributed by atoms with E-state index in [2.05, 4.69) is 25.8 Å². The van der Waals surface area contributed by atoms with Crippen molar-refractivity contribution in [3.63, 3.8) is 0 Å². The maximum Gasteiger partial charge on any atom is 0.234 e. The molecule has 7 nitrogen and oxygen atoms in total. The third-order valence-corrected chi connectivity index (χ3v) is 5.51. The first-order valence-corrected chi connectivity index (χ1v) is 10.9. The highest BCUT2D eigenvalue weighted by atomic mass is 19.1. The largest absolute Gasteiger partial charge is 0.355 e. The van der Waals surface area contributed by atoms with Gasteiger partial charge in [-0.2, -0.15) is 0 Å². The molecule has 1 amide bonds. The topological polar surface area (TPSA) is 72.0 Å². The third-order valence-electron chi connectivity index (χ3n) is 5.51. The zero-order valence-corrected chi connectivity index (χ0v) is 19.0. The second-order valence-electron chi connectivity index (χ2n) is 8.11. The van der Waals surface area contributed by atoms with Crippen molar-refractivity contribution in [3.05, 3.63) is 35.4 Å². The molecule has 3 N–H and O–H groups in total. The number of likely N-dealkylation sites (N-methyl/N-ethyl adjacent to an activating group) is 1. The number of carbonyl (C=O) groups is 1. The van der Waals surface area contributed by atoms with Gasteiger partial charge in [0.2, 0.25) is 5.91 Å². The fourth-order valence-corrected chi connectivity index (χ4v) is 3.71. The number of amides is 1. The van der Waals surface area contributed by atoms with Gasteiger partial charge in [0.1, 0.15) is 11.6 Å². The molecule has 0 saturated carbocycles. The Morgan fingerprint density at radius 2 is 1.87 bits per heavy atom. The van der Waals surface area contributed by atoms with Gasteiger partial charge in [-0.3, -0.25) is 14.7 Å². The summed E-state index contributed by atoms with van der Waals surface area (Å²) in [5.41, 5.74) is 0.0464. The highest BCUT2D eigenvalue weighted by molar-refractivity contribution is 5.80. The molecular weight excluding hydrogens is 402 g/mol. The number of rotatable bonds is 9. The molecule has 0 aliphatic carbocycles. The summed E-state index contributed by atoms with van der Waals surface area (Å²) in [7, 11) is 5.26. The molecule has 1 aliphatic heterocycles. The Hall–Kier alpha value is -2.26. The summed E-state index contributed by atoms with van der Waals surface area (Å²) in [6, 6.07) is 3.66. The van der Waals surface area contributed by atoms with E-state index in [-0.39, 0.29) is 17.5 Å². The average molecular weight is 439 g/mol. The summed E-state index contributed by atoms with van der Waals surface area (Å²) in [4.78, 5) is 20.1. The number of nitrogens with one attached hydrogen (secondary N) is 3. The molecule has 0 bridgehead atoms. The van der Waals surface area contributed by atoms with Crippen molar-refractivity contribution < 1.29 is 13.6 Å². The molecule has 31 heavy (non-hydrogen) atoms. The van der Waals surface area contributed by atoms with Crippen molar-refractivity contribution in [2.75, 3.05) is 53.9 Å². The summed E-state index contributed by atoms with van der Waals surface area (Å²) in [6.07, 6.45) is 2.71. The van der Waals surface area contributed by atoms with Crippen LogP contribution in [0.25, 0.3) is 0 Å². The summed E-state index contributed by atoms with van der Waals surface area (Å²) in [5.74, 6) is -0.443. The Bertz CT molecular complexity index is 714. The van der Waals surface area contributed by atoms with Crippen molar-refractivity contribution in [1.82, 2.24) is 25.8 Å². The van der Waals surface area contributed by atoms with E-state index in [0.717, 1.165) is 32.4 Å². The van der Waals surface area contributed by atoms with Crippen LogP contribution in [-0.4, -0.2) is 81.6 Å². The first-order chi connectivity index (χ1) is 14.8. The molecule has 9 heteroatoms. The van der Waals surface area contributed by atoms with Crippen LogP contribution in [0.2, 0.25) is 0 Å². The number of halogens is 2. The minimum Gasteiger partial charge on any atom is -0.355 e. The predicted octanol–water partition coefficient (Wildman–Crippen LogP) is 1.72. The molecule has 1 saturated heterocycles. The minimum atomic E-state index is -0.557. The molecule has 0 radical (unpaired) electrons. The van der Waals surface area contributed by atoms with Gasteiger partial charge in [0.05, 0.1) is 12.6 Å². The summed E-state index contributed by atoms with van der Waals surface area (Å²) < 4.78 is 28.5. The van der Waals surface area contributed by atoms with Crippen LogP contribution in [-0.2, 0) is 4.79 Å². The van der Waals surface area contributed by atoms with E-state index in [4.69, 9.17) is 0 Å². The lowest BCUT2D eigenvalue weighted by molar-refractivity contribution is -0.122. The molecule has 1 fully saturated rings. The van der Waals surface area contributed by atoms with Gasteiger partial charge >= 0.3 is 0 Å². The van der Waals surface area contributed by atoms with E-state index in [1.165, 1.54) is 18.2 Å². The van der Waals surface area contributed by atoms with Gasteiger partial charge in [-0.05, 0) is 45.5 Å². The number of likely N-dealkylation sites (tertiary alicyclic amines) is 1. The first kappa shape index (κ1) is 25.0. The summed E-state index contributed by atoms with van der Waals surface area (Å²) in [6.45, 7) is 5.14. The molecule has 1 atom stereocenters. The fourth-order valence-electron chi connectivity index (χ4n) is 3.71. The average Bonchev–Trinajstić information content (AvgIpc) is 2.74. The Morgan fingerprint density at radius 1 is 1.23 bits per heavy atom. The number of benzene rings is 1. The van der Waals surface area contributed by atoms with Crippen LogP contribution in [0.4, 0.5) is 8.78 Å². The van der Waals surface area contributed by atoms with Gasteiger partial charge in [0, 0.05) is 44.8 Å². The van der Waals surface area contributed by atoms with Gasteiger partial charge in [0.15, 0.2) is 5.96 Å². The maximum atomic E-state index is 14.3. The van der Waals surface area contributed by atoms with Crippen LogP contribution in [0, 0.1) is 11.6 Å². The van der Waals surface area contributed by atoms with Crippen LogP contribution in [0.15, 0.2) is 23.2 Å². The molecule has 0 spiro atoms. The molecular formula is C22H36F2N6O. The second kappa shape index (κ2) is 12.6. The highest BCUT2D eigenvalue weighted by Gasteiger charge is 2.24. The quantitative estimate of drug-likeness (QED) is 0.405. The highest BCUT2D eigenvalue weighted by Crippen LogP contribution is 2.23. The lowest BCUT2D eigenvalue weighted by atomic mass is 10.0. The first-order valence-electron chi connectivity index (χ1n) is 10.9.